The molecule has 0 bridgehead atoms. The Bertz CT molecular complexity index is 531. The second-order valence-electron chi connectivity index (χ2n) is 3.63. The lowest BCUT2D eigenvalue weighted by molar-refractivity contribution is 0.464. The molecule has 0 aromatic carbocycles. The summed E-state index contributed by atoms with van der Waals surface area (Å²) in [5.74, 6) is 0.170. The number of aromatic nitrogens is 2. The fraction of sp³-hybridized carbons (Fsp3) is 0.167. The first-order valence-corrected chi connectivity index (χ1v) is 5.53. The van der Waals surface area contributed by atoms with E-state index in [1.807, 2.05) is 6.92 Å². The number of aryl methyl sites for hydroxylation is 1. The van der Waals surface area contributed by atoms with Crippen LogP contribution in [0.4, 0.5) is 5.69 Å². The minimum atomic E-state index is 0.170. The third-order valence-electron chi connectivity index (χ3n) is 2.30. The van der Waals surface area contributed by atoms with Gasteiger partial charge in [0.15, 0.2) is 0 Å². The number of halogens is 1. The number of hydrogen-bond acceptors (Lipinski definition) is 4. The van der Waals surface area contributed by atoms with Crippen LogP contribution in [-0.2, 0) is 6.54 Å². The van der Waals surface area contributed by atoms with Gasteiger partial charge in [0.1, 0.15) is 11.4 Å². The molecule has 0 fully saturated rings. The van der Waals surface area contributed by atoms with Crippen LogP contribution >= 0.6 is 11.6 Å². The van der Waals surface area contributed by atoms with E-state index in [9.17, 15) is 5.11 Å². The van der Waals surface area contributed by atoms with Gasteiger partial charge in [0.05, 0.1) is 23.5 Å². The second kappa shape index (κ2) is 5.01. The lowest BCUT2D eigenvalue weighted by Gasteiger charge is -2.08. The highest BCUT2D eigenvalue weighted by Crippen LogP contribution is 2.21. The van der Waals surface area contributed by atoms with Gasteiger partial charge in [-0.3, -0.25) is 9.97 Å². The Morgan fingerprint density at radius 2 is 2.18 bits per heavy atom. The number of anilines is 1. The van der Waals surface area contributed by atoms with E-state index in [4.69, 9.17) is 11.6 Å². The molecular formula is C12H12ClN3O. The van der Waals surface area contributed by atoms with Crippen LogP contribution in [0.15, 0.2) is 30.6 Å². The van der Waals surface area contributed by atoms with Crippen molar-refractivity contribution in [2.45, 2.75) is 13.5 Å². The molecule has 0 unspecified atom stereocenters. The van der Waals surface area contributed by atoms with Crippen LogP contribution in [0.3, 0.4) is 0 Å². The van der Waals surface area contributed by atoms with Crippen LogP contribution in [-0.4, -0.2) is 15.1 Å². The SMILES string of the molecule is Cc1ccc(O)c(CNc2cnccc2Cl)n1. The summed E-state index contributed by atoms with van der Waals surface area (Å²) in [6, 6.07) is 5.09. The number of aromatic hydroxyl groups is 1. The van der Waals surface area contributed by atoms with Crippen LogP contribution in [0.2, 0.25) is 5.02 Å². The van der Waals surface area contributed by atoms with Crippen molar-refractivity contribution in [1.82, 2.24) is 9.97 Å². The Kier molecular flexibility index (Phi) is 3.44. The minimum Gasteiger partial charge on any atom is -0.506 e. The Morgan fingerprint density at radius 1 is 1.35 bits per heavy atom. The maximum atomic E-state index is 9.63. The summed E-state index contributed by atoms with van der Waals surface area (Å²) in [7, 11) is 0. The first-order chi connectivity index (χ1) is 8.16. The number of nitrogens with zero attached hydrogens (tertiary/aromatic N) is 2. The van der Waals surface area contributed by atoms with Gasteiger partial charge in [-0.1, -0.05) is 11.6 Å². The van der Waals surface area contributed by atoms with E-state index < -0.39 is 0 Å². The van der Waals surface area contributed by atoms with Crippen LogP contribution in [0.1, 0.15) is 11.4 Å². The summed E-state index contributed by atoms with van der Waals surface area (Å²) < 4.78 is 0. The minimum absolute atomic E-state index is 0.170. The van der Waals surface area contributed by atoms with E-state index in [0.29, 0.717) is 17.3 Å². The van der Waals surface area contributed by atoms with E-state index in [-0.39, 0.29) is 5.75 Å². The summed E-state index contributed by atoms with van der Waals surface area (Å²) >= 11 is 5.98. The number of pyridine rings is 2. The van der Waals surface area contributed by atoms with Crippen molar-refractivity contribution >= 4 is 17.3 Å². The van der Waals surface area contributed by atoms with Gasteiger partial charge in [-0.15, -0.1) is 0 Å². The molecule has 0 spiro atoms. The highest BCUT2D eigenvalue weighted by Gasteiger charge is 2.04. The third-order valence-corrected chi connectivity index (χ3v) is 2.63. The van der Waals surface area contributed by atoms with Crippen LogP contribution in [0.25, 0.3) is 0 Å². The summed E-state index contributed by atoms with van der Waals surface area (Å²) in [4.78, 5) is 8.21. The van der Waals surface area contributed by atoms with Gasteiger partial charge in [-0.25, -0.2) is 0 Å². The van der Waals surface area contributed by atoms with Crippen molar-refractivity contribution in [2.75, 3.05) is 5.32 Å². The predicted molar refractivity (Wildman–Crippen MR) is 67.2 cm³/mol. The zero-order chi connectivity index (χ0) is 12.3. The molecule has 5 heteroatoms. The fourth-order valence-corrected chi connectivity index (χ4v) is 1.59. The number of nitrogens with one attached hydrogen (secondary N) is 1. The maximum absolute atomic E-state index is 9.63. The molecular weight excluding hydrogens is 238 g/mol. The molecule has 0 amide bonds. The maximum Gasteiger partial charge on any atom is 0.138 e. The first kappa shape index (κ1) is 11.7. The van der Waals surface area contributed by atoms with E-state index in [1.165, 1.54) is 0 Å². The first-order valence-electron chi connectivity index (χ1n) is 5.15. The molecule has 0 aliphatic rings. The average Bonchev–Trinajstić information content (AvgIpc) is 2.32. The molecule has 0 radical (unpaired) electrons. The normalized spacial score (nSPS) is 10.2. The molecule has 0 atom stereocenters. The lowest BCUT2D eigenvalue weighted by atomic mass is 10.3. The molecule has 0 aliphatic carbocycles. The molecule has 4 nitrogen and oxygen atoms in total. The Balaban J connectivity index is 2.12. The standard InChI is InChI=1S/C12H12ClN3O/c1-8-2-3-12(17)11(16-8)7-15-10-6-14-5-4-9(10)13/h2-6,15,17H,7H2,1H3. The molecule has 2 N–H and O–H groups in total. The largest absolute Gasteiger partial charge is 0.506 e. The van der Waals surface area contributed by atoms with E-state index >= 15 is 0 Å². The van der Waals surface area contributed by atoms with Gasteiger partial charge in [0.25, 0.3) is 0 Å². The molecule has 88 valence electrons. The monoisotopic (exact) mass is 249 g/mol. The second-order valence-corrected chi connectivity index (χ2v) is 4.03. The summed E-state index contributed by atoms with van der Waals surface area (Å²) in [5.41, 5.74) is 2.17. The van der Waals surface area contributed by atoms with E-state index in [0.717, 1.165) is 11.4 Å². The highest BCUT2D eigenvalue weighted by molar-refractivity contribution is 6.33. The van der Waals surface area contributed by atoms with Crippen molar-refractivity contribution < 1.29 is 5.11 Å². The lowest BCUT2D eigenvalue weighted by Crippen LogP contribution is -2.03. The average molecular weight is 250 g/mol. The summed E-state index contributed by atoms with van der Waals surface area (Å²) in [6.45, 7) is 2.28. The molecule has 2 heterocycles. The summed E-state index contributed by atoms with van der Waals surface area (Å²) in [5, 5.41) is 13.3. The summed E-state index contributed by atoms with van der Waals surface area (Å²) in [6.07, 6.45) is 3.26. The van der Waals surface area contributed by atoms with Crippen molar-refractivity contribution in [3.05, 3.63) is 47.0 Å². The van der Waals surface area contributed by atoms with Crippen LogP contribution < -0.4 is 5.32 Å². The Labute approximate surface area is 104 Å². The zero-order valence-electron chi connectivity index (χ0n) is 9.31. The zero-order valence-corrected chi connectivity index (χ0v) is 10.1. The third kappa shape index (κ3) is 2.85. The smallest absolute Gasteiger partial charge is 0.138 e. The van der Waals surface area contributed by atoms with Crippen molar-refractivity contribution in [3.63, 3.8) is 0 Å². The fourth-order valence-electron chi connectivity index (χ4n) is 1.42. The van der Waals surface area contributed by atoms with Crippen molar-refractivity contribution in [1.29, 1.82) is 0 Å². The highest BCUT2D eigenvalue weighted by atomic mass is 35.5. The van der Waals surface area contributed by atoms with Gasteiger partial charge in [-0.05, 0) is 25.1 Å². The molecule has 2 rings (SSSR count). The van der Waals surface area contributed by atoms with Gasteiger partial charge in [0.2, 0.25) is 0 Å². The molecule has 17 heavy (non-hydrogen) atoms. The Morgan fingerprint density at radius 3 is 2.94 bits per heavy atom. The van der Waals surface area contributed by atoms with Gasteiger partial charge in [0, 0.05) is 11.9 Å². The van der Waals surface area contributed by atoms with Gasteiger partial charge >= 0.3 is 0 Å². The van der Waals surface area contributed by atoms with Gasteiger partial charge in [-0.2, -0.15) is 0 Å². The molecule has 0 aliphatic heterocycles. The van der Waals surface area contributed by atoms with E-state index in [1.54, 1.807) is 30.6 Å². The van der Waals surface area contributed by atoms with E-state index in [2.05, 4.69) is 15.3 Å². The molecule has 2 aromatic rings. The molecule has 0 saturated heterocycles. The molecule has 2 aromatic heterocycles. The van der Waals surface area contributed by atoms with Gasteiger partial charge < -0.3 is 10.4 Å². The topological polar surface area (TPSA) is 58.0 Å². The number of rotatable bonds is 3. The Hall–Kier alpha value is -1.81. The predicted octanol–water partition coefficient (Wildman–Crippen LogP) is 2.76. The van der Waals surface area contributed by atoms with Crippen LogP contribution in [0.5, 0.6) is 5.75 Å². The quantitative estimate of drug-likeness (QED) is 0.878. The van der Waals surface area contributed by atoms with Crippen LogP contribution in [0, 0.1) is 6.92 Å². The molecule has 0 saturated carbocycles. The number of hydrogen-bond donors (Lipinski definition) is 2. The van der Waals surface area contributed by atoms with Crippen molar-refractivity contribution in [3.8, 4) is 5.75 Å². The van der Waals surface area contributed by atoms with Crippen molar-refractivity contribution in [2.24, 2.45) is 0 Å².